The summed E-state index contributed by atoms with van der Waals surface area (Å²) in [5.41, 5.74) is 1.92. The lowest BCUT2D eigenvalue weighted by molar-refractivity contribution is -0.146. The molecule has 0 radical (unpaired) electrons. The molecule has 0 spiro atoms. The summed E-state index contributed by atoms with van der Waals surface area (Å²) in [6.45, 7) is 1.41. The Labute approximate surface area is 170 Å². The molecule has 0 unspecified atom stereocenters. The lowest BCUT2D eigenvalue weighted by Crippen LogP contribution is -2.23. The van der Waals surface area contributed by atoms with Crippen molar-refractivity contribution in [2.45, 2.75) is 18.2 Å². The van der Waals surface area contributed by atoms with Crippen LogP contribution in [0.2, 0.25) is 0 Å². The van der Waals surface area contributed by atoms with Gasteiger partial charge in [0.2, 0.25) is 10.0 Å². The molecule has 0 aliphatic rings. The van der Waals surface area contributed by atoms with Gasteiger partial charge in [0.15, 0.2) is 6.61 Å². The van der Waals surface area contributed by atoms with E-state index in [0.29, 0.717) is 11.3 Å². The molecule has 1 amide bonds. The molecule has 156 valence electrons. The van der Waals surface area contributed by atoms with Gasteiger partial charge < -0.3 is 14.8 Å². The number of methoxy groups -OCH3 is 1. The number of rotatable bonds is 8. The third-order valence-electron chi connectivity index (χ3n) is 4.03. The number of ether oxygens (including phenoxy) is 2. The number of amides is 1. The van der Waals surface area contributed by atoms with E-state index in [9.17, 15) is 18.0 Å². The first-order valence-electron chi connectivity index (χ1n) is 8.75. The zero-order chi connectivity index (χ0) is 21.6. The number of esters is 1. The van der Waals surface area contributed by atoms with Crippen molar-refractivity contribution in [2.75, 3.05) is 33.1 Å². The van der Waals surface area contributed by atoms with E-state index in [1.54, 1.807) is 12.1 Å². The maximum Gasteiger partial charge on any atom is 0.310 e. The van der Waals surface area contributed by atoms with Gasteiger partial charge in [-0.1, -0.05) is 23.8 Å². The molecule has 0 aliphatic carbocycles. The fourth-order valence-corrected chi connectivity index (χ4v) is 3.49. The normalized spacial score (nSPS) is 11.2. The molecule has 1 N–H and O–H groups in total. The summed E-state index contributed by atoms with van der Waals surface area (Å²) in [5, 5.41) is 2.52. The van der Waals surface area contributed by atoms with Gasteiger partial charge in [-0.15, -0.1) is 0 Å². The third kappa shape index (κ3) is 6.03. The first kappa shape index (κ1) is 22.4. The van der Waals surface area contributed by atoms with Crippen LogP contribution in [0.5, 0.6) is 5.75 Å². The number of hydrogen-bond donors (Lipinski definition) is 1. The van der Waals surface area contributed by atoms with Crippen LogP contribution < -0.4 is 10.1 Å². The van der Waals surface area contributed by atoms with E-state index in [1.807, 2.05) is 19.1 Å². The molecule has 0 bridgehead atoms. The van der Waals surface area contributed by atoms with Crippen LogP contribution in [0.1, 0.15) is 11.1 Å². The smallest absolute Gasteiger partial charge is 0.310 e. The highest BCUT2D eigenvalue weighted by Crippen LogP contribution is 2.21. The standard InChI is InChI=1S/C20H24N2O6S/c1-14-8-9-18(27-4)15(10-14)11-20(24)28-13-19(23)21-16-6-5-7-17(12-16)29(25,26)22(2)3/h5-10,12H,11,13H2,1-4H3,(H,21,23). The zero-order valence-electron chi connectivity index (χ0n) is 16.8. The van der Waals surface area contributed by atoms with Crippen molar-refractivity contribution < 1.29 is 27.5 Å². The molecular formula is C20H24N2O6S. The maximum atomic E-state index is 12.2. The summed E-state index contributed by atoms with van der Waals surface area (Å²) in [5.74, 6) is -0.585. The number of anilines is 1. The molecule has 2 aromatic rings. The lowest BCUT2D eigenvalue weighted by atomic mass is 10.1. The zero-order valence-corrected chi connectivity index (χ0v) is 17.6. The highest BCUT2D eigenvalue weighted by molar-refractivity contribution is 7.89. The summed E-state index contributed by atoms with van der Waals surface area (Å²) >= 11 is 0. The van der Waals surface area contributed by atoms with Crippen LogP contribution in [-0.2, 0) is 30.8 Å². The Morgan fingerprint density at radius 1 is 1.10 bits per heavy atom. The SMILES string of the molecule is COc1ccc(C)cc1CC(=O)OCC(=O)Nc1cccc(S(=O)(=O)N(C)C)c1. The van der Waals surface area contributed by atoms with Gasteiger partial charge >= 0.3 is 5.97 Å². The van der Waals surface area contributed by atoms with Crippen LogP contribution in [0.15, 0.2) is 47.4 Å². The van der Waals surface area contributed by atoms with Gasteiger partial charge in [-0.2, -0.15) is 0 Å². The molecule has 0 aliphatic heterocycles. The fourth-order valence-electron chi connectivity index (χ4n) is 2.54. The van der Waals surface area contributed by atoms with Gasteiger partial charge in [-0.05, 0) is 31.2 Å². The van der Waals surface area contributed by atoms with Gasteiger partial charge in [0.1, 0.15) is 5.75 Å². The summed E-state index contributed by atoms with van der Waals surface area (Å²) in [4.78, 5) is 24.2. The Kier molecular flexibility index (Phi) is 7.35. The second-order valence-corrected chi connectivity index (χ2v) is 8.67. The average Bonchev–Trinajstić information content (AvgIpc) is 2.66. The third-order valence-corrected chi connectivity index (χ3v) is 5.84. The van der Waals surface area contributed by atoms with Crippen LogP contribution >= 0.6 is 0 Å². The van der Waals surface area contributed by atoms with E-state index >= 15 is 0 Å². The number of hydrogen-bond acceptors (Lipinski definition) is 6. The maximum absolute atomic E-state index is 12.2. The molecule has 29 heavy (non-hydrogen) atoms. The molecule has 2 aromatic carbocycles. The van der Waals surface area contributed by atoms with E-state index in [1.165, 1.54) is 39.4 Å². The van der Waals surface area contributed by atoms with Crippen LogP contribution in [-0.4, -0.2) is 52.4 Å². The van der Waals surface area contributed by atoms with Crippen molar-refractivity contribution in [3.05, 3.63) is 53.6 Å². The van der Waals surface area contributed by atoms with Crippen LogP contribution in [0.3, 0.4) is 0 Å². The van der Waals surface area contributed by atoms with Crippen molar-refractivity contribution in [3.63, 3.8) is 0 Å². The predicted molar refractivity (Wildman–Crippen MR) is 108 cm³/mol. The molecule has 0 saturated heterocycles. The molecule has 0 aromatic heterocycles. The largest absolute Gasteiger partial charge is 0.496 e. The topological polar surface area (TPSA) is 102 Å². The van der Waals surface area contributed by atoms with Crippen molar-refractivity contribution >= 4 is 27.6 Å². The molecule has 0 saturated carbocycles. The van der Waals surface area contributed by atoms with E-state index in [-0.39, 0.29) is 17.0 Å². The number of nitrogens with zero attached hydrogens (tertiary/aromatic N) is 1. The minimum atomic E-state index is -3.62. The monoisotopic (exact) mass is 420 g/mol. The van der Waals surface area contributed by atoms with E-state index < -0.39 is 28.5 Å². The number of sulfonamides is 1. The van der Waals surface area contributed by atoms with Crippen molar-refractivity contribution in [1.29, 1.82) is 0 Å². The van der Waals surface area contributed by atoms with E-state index in [2.05, 4.69) is 5.32 Å². The highest BCUT2D eigenvalue weighted by Gasteiger charge is 2.18. The highest BCUT2D eigenvalue weighted by atomic mass is 32.2. The Bertz CT molecular complexity index is 1000. The number of carbonyl (C=O) groups excluding carboxylic acids is 2. The van der Waals surface area contributed by atoms with Crippen molar-refractivity contribution in [2.24, 2.45) is 0 Å². The number of nitrogens with one attached hydrogen (secondary N) is 1. The Morgan fingerprint density at radius 2 is 1.83 bits per heavy atom. The van der Waals surface area contributed by atoms with Crippen molar-refractivity contribution in [1.82, 2.24) is 4.31 Å². The van der Waals surface area contributed by atoms with E-state index in [4.69, 9.17) is 9.47 Å². The summed E-state index contributed by atoms with van der Waals surface area (Å²) in [6, 6.07) is 11.3. The fraction of sp³-hybridized carbons (Fsp3) is 0.300. The van der Waals surface area contributed by atoms with Gasteiger partial charge in [0.25, 0.3) is 5.91 Å². The van der Waals surface area contributed by atoms with Crippen LogP contribution in [0, 0.1) is 6.92 Å². The molecule has 8 nitrogen and oxygen atoms in total. The first-order chi connectivity index (χ1) is 13.6. The molecule has 0 atom stereocenters. The van der Waals surface area contributed by atoms with Crippen LogP contribution in [0.4, 0.5) is 5.69 Å². The average molecular weight is 420 g/mol. The minimum absolute atomic E-state index is 0.0330. The van der Waals surface area contributed by atoms with Gasteiger partial charge in [0, 0.05) is 25.3 Å². The number of carbonyl (C=O) groups is 2. The Hall–Kier alpha value is -2.91. The first-order valence-corrected chi connectivity index (χ1v) is 10.2. The molecule has 9 heteroatoms. The predicted octanol–water partition coefficient (Wildman–Crippen LogP) is 1.98. The van der Waals surface area contributed by atoms with Gasteiger partial charge in [-0.25, -0.2) is 12.7 Å². The Balaban J connectivity index is 1.95. The molecular weight excluding hydrogens is 396 g/mol. The van der Waals surface area contributed by atoms with Gasteiger partial charge in [0.05, 0.1) is 18.4 Å². The number of benzene rings is 2. The molecule has 2 rings (SSSR count). The second kappa shape index (κ2) is 9.53. The number of aryl methyl sites for hydroxylation is 1. The van der Waals surface area contributed by atoms with Crippen LogP contribution in [0.25, 0.3) is 0 Å². The summed E-state index contributed by atoms with van der Waals surface area (Å²) in [6.07, 6.45) is -0.0330. The Morgan fingerprint density at radius 3 is 2.48 bits per heavy atom. The van der Waals surface area contributed by atoms with Crippen molar-refractivity contribution in [3.8, 4) is 5.75 Å². The second-order valence-electron chi connectivity index (χ2n) is 6.52. The molecule has 0 fully saturated rings. The summed E-state index contributed by atoms with van der Waals surface area (Å²) < 4.78 is 35.7. The summed E-state index contributed by atoms with van der Waals surface area (Å²) in [7, 11) is 0.730. The minimum Gasteiger partial charge on any atom is -0.496 e. The van der Waals surface area contributed by atoms with Gasteiger partial charge in [-0.3, -0.25) is 9.59 Å². The quantitative estimate of drug-likeness (QED) is 0.655. The lowest BCUT2D eigenvalue weighted by Gasteiger charge is -2.13. The molecule has 0 heterocycles. The van der Waals surface area contributed by atoms with E-state index in [0.717, 1.165) is 9.87 Å².